The van der Waals surface area contributed by atoms with Crippen LogP contribution in [0.25, 0.3) is 16.5 Å². The van der Waals surface area contributed by atoms with E-state index in [9.17, 15) is 5.11 Å². The number of aromatic nitrogens is 2. The molecule has 4 nitrogen and oxygen atoms in total. The van der Waals surface area contributed by atoms with Gasteiger partial charge in [-0.3, -0.25) is 9.58 Å². The van der Waals surface area contributed by atoms with Gasteiger partial charge in [0.1, 0.15) is 0 Å². The second-order valence-corrected chi connectivity index (χ2v) is 10.4. The lowest BCUT2D eigenvalue weighted by Crippen LogP contribution is -2.41. The van der Waals surface area contributed by atoms with Gasteiger partial charge in [0.15, 0.2) is 0 Å². The molecule has 2 aliphatic rings. The van der Waals surface area contributed by atoms with Gasteiger partial charge in [-0.05, 0) is 73.4 Å². The normalized spacial score (nSPS) is 23.0. The first-order valence-electron chi connectivity index (χ1n) is 12.0. The number of halogens is 2. The van der Waals surface area contributed by atoms with Crippen LogP contribution in [0.1, 0.15) is 56.2 Å². The molecule has 33 heavy (non-hydrogen) atoms. The van der Waals surface area contributed by atoms with Crippen LogP contribution in [0.4, 0.5) is 0 Å². The van der Waals surface area contributed by atoms with Crippen molar-refractivity contribution in [3.8, 4) is 0 Å². The second-order valence-electron chi connectivity index (χ2n) is 9.55. The number of aliphatic hydroxyl groups is 1. The van der Waals surface area contributed by atoms with E-state index in [0.717, 1.165) is 42.4 Å². The zero-order valence-corrected chi connectivity index (χ0v) is 20.6. The highest BCUT2D eigenvalue weighted by Crippen LogP contribution is 2.34. The van der Waals surface area contributed by atoms with Gasteiger partial charge in [-0.1, -0.05) is 53.9 Å². The number of nitrogens with zero attached hydrogens (tertiary/aromatic N) is 3. The van der Waals surface area contributed by atoms with Crippen molar-refractivity contribution in [2.75, 3.05) is 19.7 Å². The molecular formula is C27H31Cl2N3O. The lowest BCUT2D eigenvalue weighted by Gasteiger charge is -2.38. The van der Waals surface area contributed by atoms with Crippen molar-refractivity contribution in [3.63, 3.8) is 0 Å². The van der Waals surface area contributed by atoms with E-state index in [1.807, 2.05) is 18.3 Å². The van der Waals surface area contributed by atoms with Gasteiger partial charge in [-0.15, -0.1) is 0 Å². The third-order valence-corrected chi connectivity index (χ3v) is 8.08. The lowest BCUT2D eigenvalue weighted by atomic mass is 9.84. The molecule has 0 spiro atoms. The monoisotopic (exact) mass is 483 g/mol. The van der Waals surface area contributed by atoms with E-state index in [4.69, 9.17) is 23.2 Å². The highest BCUT2D eigenvalue weighted by molar-refractivity contribution is 6.35. The molecule has 1 saturated carbocycles. The second kappa shape index (κ2) is 9.79. The number of aliphatic hydroxyl groups excluding tert-OH is 1. The zero-order chi connectivity index (χ0) is 22.9. The molecule has 0 bridgehead atoms. The first-order valence-corrected chi connectivity index (χ1v) is 12.8. The van der Waals surface area contributed by atoms with Gasteiger partial charge < -0.3 is 5.11 Å². The molecule has 1 N–H and O–H groups in total. The molecule has 1 aliphatic carbocycles. The summed E-state index contributed by atoms with van der Waals surface area (Å²) in [5.74, 6) is 0.480. The maximum Gasteiger partial charge on any atom is 0.0761 e. The molecule has 6 heteroatoms. The minimum Gasteiger partial charge on any atom is -0.396 e. The molecule has 3 aromatic rings. The van der Waals surface area contributed by atoms with Crippen LogP contribution in [0.3, 0.4) is 0 Å². The molecule has 1 fully saturated rings. The van der Waals surface area contributed by atoms with Gasteiger partial charge in [0, 0.05) is 41.2 Å². The van der Waals surface area contributed by atoms with Crippen molar-refractivity contribution in [2.24, 2.45) is 5.92 Å². The van der Waals surface area contributed by atoms with Crippen LogP contribution in [0.15, 0.2) is 48.7 Å². The van der Waals surface area contributed by atoms with E-state index >= 15 is 0 Å². The summed E-state index contributed by atoms with van der Waals surface area (Å²) in [7, 11) is 0. The Kier molecular flexibility index (Phi) is 6.80. The molecular weight excluding hydrogens is 453 g/mol. The molecule has 3 atom stereocenters. The maximum absolute atomic E-state index is 9.58. The SMILES string of the molecule is C[C@H](c1ccc(Cl)cc1Cl)n1ncc2ccc(C3=CCN(C4CCCC(CO)C4)CC3)cc21. The molecule has 0 radical (unpaired) electrons. The van der Waals surface area contributed by atoms with Crippen LogP contribution in [0.2, 0.25) is 10.0 Å². The first kappa shape index (κ1) is 22.9. The number of rotatable bonds is 5. The molecule has 1 aliphatic heterocycles. The topological polar surface area (TPSA) is 41.3 Å². The maximum atomic E-state index is 9.58. The third kappa shape index (κ3) is 4.72. The smallest absolute Gasteiger partial charge is 0.0761 e. The number of hydrogen-bond acceptors (Lipinski definition) is 3. The summed E-state index contributed by atoms with van der Waals surface area (Å²) in [5, 5.41) is 16.7. The van der Waals surface area contributed by atoms with Crippen molar-refractivity contribution in [1.29, 1.82) is 0 Å². The van der Waals surface area contributed by atoms with E-state index in [1.165, 1.54) is 30.4 Å². The third-order valence-electron chi connectivity index (χ3n) is 7.52. The fourth-order valence-corrected chi connectivity index (χ4v) is 6.12. The predicted molar refractivity (Wildman–Crippen MR) is 137 cm³/mol. The van der Waals surface area contributed by atoms with E-state index in [1.54, 1.807) is 6.07 Å². The highest BCUT2D eigenvalue weighted by atomic mass is 35.5. The summed E-state index contributed by atoms with van der Waals surface area (Å²) in [6.07, 6.45) is 10.2. The molecule has 2 heterocycles. The zero-order valence-electron chi connectivity index (χ0n) is 19.1. The van der Waals surface area contributed by atoms with Crippen LogP contribution in [-0.4, -0.2) is 45.5 Å². The van der Waals surface area contributed by atoms with E-state index in [2.05, 4.69) is 45.9 Å². The molecule has 2 aromatic carbocycles. The average Bonchev–Trinajstić information content (AvgIpc) is 3.27. The van der Waals surface area contributed by atoms with Crippen molar-refractivity contribution in [1.82, 2.24) is 14.7 Å². The molecule has 5 rings (SSSR count). The fourth-order valence-electron chi connectivity index (χ4n) is 5.56. The Morgan fingerprint density at radius 3 is 2.79 bits per heavy atom. The lowest BCUT2D eigenvalue weighted by molar-refractivity contribution is 0.108. The highest BCUT2D eigenvalue weighted by Gasteiger charge is 2.27. The Bertz CT molecular complexity index is 1170. The Balaban J connectivity index is 1.37. The van der Waals surface area contributed by atoms with E-state index in [-0.39, 0.29) is 6.04 Å². The summed E-state index contributed by atoms with van der Waals surface area (Å²) < 4.78 is 2.06. The van der Waals surface area contributed by atoms with Crippen molar-refractivity contribution < 1.29 is 5.11 Å². The van der Waals surface area contributed by atoms with E-state index in [0.29, 0.717) is 28.6 Å². The Hall–Kier alpha value is -1.85. The number of benzene rings is 2. The van der Waals surface area contributed by atoms with Gasteiger partial charge in [-0.2, -0.15) is 5.10 Å². The molecule has 1 aromatic heterocycles. The Morgan fingerprint density at radius 2 is 2.03 bits per heavy atom. The summed E-state index contributed by atoms with van der Waals surface area (Å²) >= 11 is 12.6. The van der Waals surface area contributed by atoms with E-state index < -0.39 is 0 Å². The van der Waals surface area contributed by atoms with Gasteiger partial charge in [0.2, 0.25) is 0 Å². The van der Waals surface area contributed by atoms with Crippen molar-refractivity contribution >= 4 is 39.7 Å². The van der Waals surface area contributed by atoms with Gasteiger partial charge in [0.25, 0.3) is 0 Å². The summed E-state index contributed by atoms with van der Waals surface area (Å²) in [6.45, 7) is 4.53. The van der Waals surface area contributed by atoms with Gasteiger partial charge >= 0.3 is 0 Å². The largest absolute Gasteiger partial charge is 0.396 e. The van der Waals surface area contributed by atoms with Gasteiger partial charge in [-0.25, -0.2) is 0 Å². The molecule has 0 amide bonds. The standard InChI is InChI=1S/C27H31Cl2N3O/c1-18(25-8-7-23(28)15-26(25)29)32-27-14-21(5-6-22(27)16-30-32)20-9-11-31(12-10-20)24-4-2-3-19(13-24)17-33/h5-9,14-16,18-19,24,33H,2-4,10-13,17H2,1H3/t18-,19?,24?/m1/s1. The van der Waals surface area contributed by atoms with Crippen LogP contribution in [0, 0.1) is 5.92 Å². The summed E-state index contributed by atoms with van der Waals surface area (Å²) in [5.41, 5.74) is 4.81. The molecule has 174 valence electrons. The van der Waals surface area contributed by atoms with Crippen LogP contribution in [-0.2, 0) is 0 Å². The van der Waals surface area contributed by atoms with Crippen LogP contribution in [0.5, 0.6) is 0 Å². The first-order chi connectivity index (χ1) is 16.0. The summed E-state index contributed by atoms with van der Waals surface area (Å²) in [6, 6.07) is 12.9. The van der Waals surface area contributed by atoms with Crippen LogP contribution >= 0.6 is 23.2 Å². The minimum absolute atomic E-state index is 0.00381. The van der Waals surface area contributed by atoms with Crippen molar-refractivity contribution in [3.05, 3.63) is 69.8 Å². The summed E-state index contributed by atoms with van der Waals surface area (Å²) in [4.78, 5) is 2.61. The van der Waals surface area contributed by atoms with Crippen molar-refractivity contribution in [2.45, 2.75) is 51.1 Å². The molecule has 0 saturated heterocycles. The predicted octanol–water partition coefficient (Wildman–Crippen LogP) is 6.59. The number of hydrogen-bond donors (Lipinski definition) is 1. The Labute approximate surface area is 205 Å². The fraction of sp³-hybridized carbons (Fsp3) is 0.444. The molecule has 2 unspecified atom stereocenters. The minimum atomic E-state index is 0.00381. The Morgan fingerprint density at radius 1 is 1.15 bits per heavy atom. The van der Waals surface area contributed by atoms with Crippen LogP contribution < -0.4 is 0 Å². The quantitative estimate of drug-likeness (QED) is 0.444. The number of fused-ring (bicyclic) bond motifs is 1. The average molecular weight is 484 g/mol. The van der Waals surface area contributed by atoms with Gasteiger partial charge in [0.05, 0.1) is 17.8 Å².